The van der Waals surface area contributed by atoms with Gasteiger partial charge in [-0.25, -0.2) is 8.42 Å². The van der Waals surface area contributed by atoms with Crippen molar-refractivity contribution in [1.29, 1.82) is 0 Å². The summed E-state index contributed by atoms with van der Waals surface area (Å²) in [4.78, 5) is 15.3. The Balaban J connectivity index is 1.37. The summed E-state index contributed by atoms with van der Waals surface area (Å²) in [6, 6.07) is 15.2. The van der Waals surface area contributed by atoms with Gasteiger partial charge >= 0.3 is 0 Å². The molecule has 2 fully saturated rings. The van der Waals surface area contributed by atoms with E-state index >= 15 is 0 Å². The van der Waals surface area contributed by atoms with Crippen LogP contribution in [0.25, 0.3) is 0 Å². The summed E-state index contributed by atoms with van der Waals surface area (Å²) in [7, 11) is -1.77. The van der Waals surface area contributed by atoms with Crippen LogP contribution in [0.15, 0.2) is 53.4 Å². The molecule has 4 rings (SSSR count). The largest absolute Gasteiger partial charge is 0.496 e. The Hall–Kier alpha value is -2.38. The summed E-state index contributed by atoms with van der Waals surface area (Å²) in [5, 5.41) is 0. The van der Waals surface area contributed by atoms with Gasteiger partial charge in [0.15, 0.2) is 0 Å². The Morgan fingerprint density at radius 3 is 2.38 bits per heavy atom. The molecule has 2 aromatic carbocycles. The average Bonchev–Trinajstić information content (AvgIpc) is 3.67. The third-order valence-electron chi connectivity index (χ3n) is 6.34. The fourth-order valence-corrected chi connectivity index (χ4v) is 5.82. The number of ether oxygens (including phenoxy) is 1. The molecular formula is C25H32N2O4S. The van der Waals surface area contributed by atoms with E-state index in [1.807, 2.05) is 41.3 Å². The monoisotopic (exact) mass is 456 g/mol. The number of aryl methyl sites for hydroxylation is 1. The number of amides is 1. The molecule has 172 valence electrons. The first-order valence-corrected chi connectivity index (χ1v) is 12.9. The number of carbonyl (C=O) groups excluding carboxylic acids is 1. The second kappa shape index (κ2) is 10.0. The number of para-hydroxylation sites is 1. The van der Waals surface area contributed by atoms with Crippen molar-refractivity contribution < 1.29 is 17.9 Å². The van der Waals surface area contributed by atoms with Gasteiger partial charge in [0.05, 0.1) is 12.0 Å². The standard InChI is InChI=1S/C25H32N2O4S/c1-31-24-8-4-3-7-21(24)19-27(22-12-13-22)25(28)16-11-20-9-14-23(15-10-20)32(29,30)26-17-5-2-6-18-26/h3-4,7-10,14-15,22H,2,5-6,11-13,16-19H2,1H3. The molecular weight excluding hydrogens is 424 g/mol. The maximum absolute atomic E-state index is 13.0. The van der Waals surface area contributed by atoms with Crippen LogP contribution in [0, 0.1) is 0 Å². The smallest absolute Gasteiger partial charge is 0.243 e. The molecule has 1 amide bonds. The van der Waals surface area contributed by atoms with Crippen molar-refractivity contribution in [3.05, 3.63) is 59.7 Å². The van der Waals surface area contributed by atoms with E-state index in [1.54, 1.807) is 23.5 Å². The van der Waals surface area contributed by atoms with E-state index in [4.69, 9.17) is 4.74 Å². The van der Waals surface area contributed by atoms with Crippen LogP contribution in [0.1, 0.15) is 49.7 Å². The van der Waals surface area contributed by atoms with Crippen molar-refractivity contribution in [2.45, 2.75) is 62.4 Å². The van der Waals surface area contributed by atoms with Crippen molar-refractivity contribution in [2.75, 3.05) is 20.2 Å². The Kier molecular flexibility index (Phi) is 7.16. The van der Waals surface area contributed by atoms with Crippen LogP contribution in [0.2, 0.25) is 0 Å². The lowest BCUT2D eigenvalue weighted by atomic mass is 10.1. The number of nitrogens with zero attached hydrogens (tertiary/aromatic N) is 2. The van der Waals surface area contributed by atoms with Gasteiger partial charge in [-0.3, -0.25) is 4.79 Å². The van der Waals surface area contributed by atoms with Crippen LogP contribution in [0.5, 0.6) is 5.75 Å². The molecule has 7 heteroatoms. The molecule has 1 heterocycles. The van der Waals surface area contributed by atoms with Gasteiger partial charge in [-0.2, -0.15) is 4.31 Å². The summed E-state index contributed by atoms with van der Waals surface area (Å²) in [5.74, 6) is 0.930. The lowest BCUT2D eigenvalue weighted by Crippen LogP contribution is -2.35. The number of carbonyl (C=O) groups is 1. The van der Waals surface area contributed by atoms with Gasteiger partial charge in [0, 0.05) is 37.7 Å². The summed E-state index contributed by atoms with van der Waals surface area (Å²) < 4.78 is 32.7. The lowest BCUT2D eigenvalue weighted by molar-refractivity contribution is -0.132. The normalized spacial score (nSPS) is 17.2. The third kappa shape index (κ3) is 5.33. The van der Waals surface area contributed by atoms with Crippen molar-refractivity contribution in [2.24, 2.45) is 0 Å². The summed E-state index contributed by atoms with van der Waals surface area (Å²) in [6.45, 7) is 1.75. The van der Waals surface area contributed by atoms with Crippen LogP contribution in [0.3, 0.4) is 0 Å². The van der Waals surface area contributed by atoms with Gasteiger partial charge < -0.3 is 9.64 Å². The fraction of sp³-hybridized carbons (Fsp3) is 0.480. The number of rotatable bonds is 9. The van der Waals surface area contributed by atoms with Crippen LogP contribution < -0.4 is 4.74 Å². The zero-order valence-corrected chi connectivity index (χ0v) is 19.5. The van der Waals surface area contributed by atoms with Gasteiger partial charge in [-0.05, 0) is 55.9 Å². The first-order valence-electron chi connectivity index (χ1n) is 11.5. The molecule has 1 aliphatic heterocycles. The molecule has 0 spiro atoms. The third-order valence-corrected chi connectivity index (χ3v) is 8.26. The molecule has 0 atom stereocenters. The fourth-order valence-electron chi connectivity index (χ4n) is 4.30. The highest BCUT2D eigenvalue weighted by molar-refractivity contribution is 7.89. The Labute approximate surface area is 191 Å². The number of sulfonamides is 1. The highest BCUT2D eigenvalue weighted by Crippen LogP contribution is 2.31. The molecule has 2 aromatic rings. The molecule has 1 aliphatic carbocycles. The van der Waals surface area contributed by atoms with E-state index in [0.29, 0.717) is 43.4 Å². The molecule has 1 saturated heterocycles. The first kappa shape index (κ1) is 22.8. The number of piperidine rings is 1. The van der Waals surface area contributed by atoms with Crippen LogP contribution >= 0.6 is 0 Å². The number of methoxy groups -OCH3 is 1. The Bertz CT molecular complexity index is 1030. The van der Waals surface area contributed by atoms with Crippen molar-refractivity contribution >= 4 is 15.9 Å². The first-order chi connectivity index (χ1) is 15.5. The molecule has 0 N–H and O–H groups in total. The summed E-state index contributed by atoms with van der Waals surface area (Å²) in [5.41, 5.74) is 1.99. The predicted molar refractivity (Wildman–Crippen MR) is 124 cm³/mol. The molecule has 0 unspecified atom stereocenters. The van der Waals surface area contributed by atoms with Crippen molar-refractivity contribution in [1.82, 2.24) is 9.21 Å². The minimum atomic E-state index is -3.42. The Morgan fingerprint density at radius 1 is 1.03 bits per heavy atom. The predicted octanol–water partition coefficient (Wildman–Crippen LogP) is 3.99. The van der Waals surface area contributed by atoms with Gasteiger partial charge in [-0.15, -0.1) is 0 Å². The number of benzene rings is 2. The topological polar surface area (TPSA) is 66.9 Å². The molecule has 6 nitrogen and oxygen atoms in total. The molecule has 32 heavy (non-hydrogen) atoms. The van der Waals surface area contributed by atoms with Crippen LogP contribution in [-0.2, 0) is 27.8 Å². The van der Waals surface area contributed by atoms with E-state index in [2.05, 4.69) is 0 Å². The number of hydrogen-bond acceptors (Lipinski definition) is 4. The lowest BCUT2D eigenvalue weighted by Gasteiger charge is -2.26. The van der Waals surface area contributed by atoms with E-state index in [9.17, 15) is 13.2 Å². The Morgan fingerprint density at radius 2 is 1.72 bits per heavy atom. The molecule has 0 radical (unpaired) electrons. The van der Waals surface area contributed by atoms with E-state index < -0.39 is 10.0 Å². The van der Waals surface area contributed by atoms with Gasteiger partial charge in [0.2, 0.25) is 15.9 Å². The maximum Gasteiger partial charge on any atom is 0.243 e. The maximum atomic E-state index is 13.0. The minimum absolute atomic E-state index is 0.128. The minimum Gasteiger partial charge on any atom is -0.496 e. The van der Waals surface area contributed by atoms with E-state index in [0.717, 1.165) is 49.0 Å². The average molecular weight is 457 g/mol. The second-order valence-electron chi connectivity index (χ2n) is 8.67. The SMILES string of the molecule is COc1ccccc1CN(C(=O)CCc1ccc(S(=O)(=O)N2CCCCC2)cc1)C1CC1. The molecule has 2 aliphatic rings. The highest BCUT2D eigenvalue weighted by Gasteiger charge is 2.32. The molecule has 1 saturated carbocycles. The van der Waals surface area contributed by atoms with E-state index in [-0.39, 0.29) is 5.91 Å². The zero-order chi connectivity index (χ0) is 22.6. The highest BCUT2D eigenvalue weighted by atomic mass is 32.2. The second-order valence-corrected chi connectivity index (χ2v) is 10.6. The summed E-state index contributed by atoms with van der Waals surface area (Å²) >= 11 is 0. The number of hydrogen-bond donors (Lipinski definition) is 0. The summed E-state index contributed by atoms with van der Waals surface area (Å²) in [6.07, 6.45) is 6.03. The van der Waals surface area contributed by atoms with Gasteiger partial charge in [0.25, 0.3) is 0 Å². The molecule has 0 aromatic heterocycles. The zero-order valence-electron chi connectivity index (χ0n) is 18.7. The van der Waals surface area contributed by atoms with E-state index in [1.165, 1.54) is 0 Å². The van der Waals surface area contributed by atoms with Crippen molar-refractivity contribution in [3.8, 4) is 5.75 Å². The van der Waals surface area contributed by atoms with Gasteiger partial charge in [0.1, 0.15) is 5.75 Å². The van der Waals surface area contributed by atoms with Crippen LogP contribution in [0.4, 0.5) is 0 Å². The van der Waals surface area contributed by atoms with Crippen molar-refractivity contribution in [3.63, 3.8) is 0 Å². The van der Waals surface area contributed by atoms with Crippen LogP contribution in [-0.4, -0.2) is 49.8 Å². The molecule has 0 bridgehead atoms. The van der Waals surface area contributed by atoms with Gasteiger partial charge in [-0.1, -0.05) is 36.8 Å². The quantitative estimate of drug-likeness (QED) is 0.572.